The molecule has 0 heterocycles. The number of hydrogen-bond donors (Lipinski definition) is 3. The third-order valence-corrected chi connectivity index (χ3v) is 5.05. The van der Waals surface area contributed by atoms with Crippen LogP contribution >= 0.6 is 0 Å². The van der Waals surface area contributed by atoms with Crippen LogP contribution in [-0.4, -0.2) is 23.8 Å². The van der Waals surface area contributed by atoms with Crippen LogP contribution in [0.25, 0.3) is 0 Å². The van der Waals surface area contributed by atoms with Crippen LogP contribution in [0.5, 0.6) is 0 Å². The minimum absolute atomic E-state index is 0.113. The quantitative estimate of drug-likeness (QED) is 0.737. The molecule has 0 saturated heterocycles. The molecular formula is C20H32N2O2. The van der Waals surface area contributed by atoms with Crippen LogP contribution in [-0.2, 0) is 0 Å². The second-order valence-electron chi connectivity index (χ2n) is 7.62. The SMILES string of the molecule is CC(C)c1cccc(C(C)C)c1NC(=O)NC1CCC(CO)CC1. The molecule has 2 rings (SSSR count). The zero-order valence-electron chi connectivity index (χ0n) is 15.4. The molecule has 0 aliphatic heterocycles. The van der Waals surface area contributed by atoms with E-state index in [1.165, 1.54) is 11.1 Å². The summed E-state index contributed by atoms with van der Waals surface area (Å²) in [7, 11) is 0. The van der Waals surface area contributed by atoms with E-state index in [0.717, 1.165) is 31.4 Å². The van der Waals surface area contributed by atoms with Crippen molar-refractivity contribution in [3.8, 4) is 0 Å². The van der Waals surface area contributed by atoms with Crippen molar-refractivity contribution in [2.45, 2.75) is 71.3 Å². The Morgan fingerprint density at radius 1 is 1.08 bits per heavy atom. The number of aliphatic hydroxyl groups excluding tert-OH is 1. The number of aliphatic hydroxyl groups is 1. The maximum absolute atomic E-state index is 12.5. The number of carbonyl (C=O) groups is 1. The van der Waals surface area contributed by atoms with Gasteiger partial charge < -0.3 is 15.7 Å². The lowest BCUT2D eigenvalue weighted by molar-refractivity contribution is 0.176. The van der Waals surface area contributed by atoms with Crippen molar-refractivity contribution < 1.29 is 9.90 Å². The van der Waals surface area contributed by atoms with E-state index in [4.69, 9.17) is 0 Å². The molecule has 1 aromatic rings. The van der Waals surface area contributed by atoms with Crippen molar-refractivity contribution in [2.24, 2.45) is 5.92 Å². The number of urea groups is 1. The van der Waals surface area contributed by atoms with Gasteiger partial charge in [-0.3, -0.25) is 0 Å². The fraction of sp³-hybridized carbons (Fsp3) is 0.650. The van der Waals surface area contributed by atoms with Gasteiger partial charge in [-0.1, -0.05) is 45.9 Å². The average Bonchev–Trinajstić information content (AvgIpc) is 2.55. The Balaban J connectivity index is 2.06. The first kappa shape index (κ1) is 18.8. The van der Waals surface area contributed by atoms with Crippen LogP contribution in [0.1, 0.15) is 76.3 Å². The Bertz CT molecular complexity index is 520. The number of rotatable bonds is 5. The summed E-state index contributed by atoms with van der Waals surface area (Å²) in [6.07, 6.45) is 3.87. The third kappa shape index (κ3) is 4.73. The van der Waals surface area contributed by atoms with E-state index in [0.29, 0.717) is 17.8 Å². The van der Waals surface area contributed by atoms with E-state index in [2.05, 4.69) is 56.5 Å². The van der Waals surface area contributed by atoms with Gasteiger partial charge in [0, 0.05) is 18.3 Å². The zero-order valence-corrected chi connectivity index (χ0v) is 15.4. The minimum Gasteiger partial charge on any atom is -0.396 e. The first-order chi connectivity index (χ1) is 11.4. The topological polar surface area (TPSA) is 61.4 Å². The highest BCUT2D eigenvalue weighted by Crippen LogP contribution is 2.32. The molecule has 2 amide bonds. The Labute approximate surface area is 146 Å². The van der Waals surface area contributed by atoms with Crippen molar-refractivity contribution in [3.63, 3.8) is 0 Å². The molecule has 134 valence electrons. The summed E-state index contributed by atoms with van der Waals surface area (Å²) in [5.41, 5.74) is 3.32. The molecule has 0 radical (unpaired) electrons. The molecule has 1 aromatic carbocycles. The highest BCUT2D eigenvalue weighted by atomic mass is 16.3. The molecule has 0 atom stereocenters. The molecular weight excluding hydrogens is 300 g/mol. The normalized spacial score (nSPS) is 21.1. The first-order valence-electron chi connectivity index (χ1n) is 9.23. The van der Waals surface area contributed by atoms with E-state index in [1.54, 1.807) is 0 Å². The highest BCUT2D eigenvalue weighted by Gasteiger charge is 2.23. The van der Waals surface area contributed by atoms with E-state index in [1.807, 2.05) is 0 Å². The monoisotopic (exact) mass is 332 g/mol. The molecule has 4 nitrogen and oxygen atoms in total. The molecule has 4 heteroatoms. The van der Waals surface area contributed by atoms with Crippen LogP contribution in [0.3, 0.4) is 0 Å². The van der Waals surface area contributed by atoms with E-state index < -0.39 is 0 Å². The Kier molecular flexibility index (Phi) is 6.67. The van der Waals surface area contributed by atoms with Crippen LogP contribution < -0.4 is 10.6 Å². The number of anilines is 1. The number of hydrogen-bond acceptors (Lipinski definition) is 2. The number of para-hydroxylation sites is 1. The van der Waals surface area contributed by atoms with Gasteiger partial charge in [-0.15, -0.1) is 0 Å². The van der Waals surface area contributed by atoms with Gasteiger partial charge in [-0.25, -0.2) is 4.79 Å². The summed E-state index contributed by atoms with van der Waals surface area (Å²) in [6.45, 7) is 8.87. The van der Waals surface area contributed by atoms with Crippen molar-refractivity contribution in [1.82, 2.24) is 5.32 Å². The van der Waals surface area contributed by atoms with Crippen molar-refractivity contribution in [2.75, 3.05) is 11.9 Å². The Morgan fingerprint density at radius 2 is 1.62 bits per heavy atom. The maximum Gasteiger partial charge on any atom is 0.319 e. The molecule has 1 saturated carbocycles. The fourth-order valence-electron chi connectivity index (χ4n) is 3.52. The number of amides is 2. The number of nitrogens with one attached hydrogen (secondary N) is 2. The molecule has 1 fully saturated rings. The van der Waals surface area contributed by atoms with Crippen molar-refractivity contribution in [1.29, 1.82) is 0 Å². The minimum atomic E-state index is -0.113. The van der Waals surface area contributed by atoms with Gasteiger partial charge in [0.05, 0.1) is 0 Å². The van der Waals surface area contributed by atoms with Gasteiger partial charge in [0.2, 0.25) is 0 Å². The molecule has 0 unspecified atom stereocenters. The number of carbonyl (C=O) groups excluding carboxylic acids is 1. The average molecular weight is 332 g/mol. The standard InChI is InChI=1S/C20H32N2O2/c1-13(2)17-6-5-7-18(14(3)4)19(17)22-20(24)21-16-10-8-15(12-23)9-11-16/h5-7,13-16,23H,8-12H2,1-4H3,(H2,21,22,24). The van der Waals surface area contributed by atoms with Crippen LogP contribution in [0.2, 0.25) is 0 Å². The Morgan fingerprint density at radius 3 is 2.08 bits per heavy atom. The second kappa shape index (κ2) is 8.52. The fourth-order valence-corrected chi connectivity index (χ4v) is 3.52. The summed E-state index contributed by atoms with van der Waals surface area (Å²) in [5, 5.41) is 15.4. The first-order valence-corrected chi connectivity index (χ1v) is 9.23. The summed E-state index contributed by atoms with van der Waals surface area (Å²) in [4.78, 5) is 12.5. The lowest BCUT2D eigenvalue weighted by Gasteiger charge is -2.28. The summed E-state index contributed by atoms with van der Waals surface area (Å²) in [5.74, 6) is 1.12. The van der Waals surface area contributed by atoms with Crippen molar-refractivity contribution >= 4 is 11.7 Å². The van der Waals surface area contributed by atoms with Gasteiger partial charge in [0.15, 0.2) is 0 Å². The largest absolute Gasteiger partial charge is 0.396 e. The van der Waals surface area contributed by atoms with Gasteiger partial charge in [0.1, 0.15) is 0 Å². The number of benzene rings is 1. The van der Waals surface area contributed by atoms with Crippen molar-refractivity contribution in [3.05, 3.63) is 29.3 Å². The third-order valence-electron chi connectivity index (χ3n) is 5.05. The van der Waals surface area contributed by atoms with E-state index in [-0.39, 0.29) is 18.7 Å². The molecule has 1 aliphatic rings. The van der Waals surface area contributed by atoms with E-state index in [9.17, 15) is 9.90 Å². The summed E-state index contributed by atoms with van der Waals surface area (Å²) < 4.78 is 0. The molecule has 0 spiro atoms. The van der Waals surface area contributed by atoms with Gasteiger partial charge in [-0.2, -0.15) is 0 Å². The predicted octanol–water partition coefficient (Wildman–Crippen LogP) is 4.61. The molecule has 1 aliphatic carbocycles. The molecule has 0 aromatic heterocycles. The van der Waals surface area contributed by atoms with Gasteiger partial charge >= 0.3 is 6.03 Å². The molecule has 24 heavy (non-hydrogen) atoms. The molecule has 3 N–H and O–H groups in total. The lowest BCUT2D eigenvalue weighted by Crippen LogP contribution is -2.40. The van der Waals surface area contributed by atoms with Crippen LogP contribution in [0, 0.1) is 5.92 Å². The lowest BCUT2D eigenvalue weighted by atomic mass is 9.86. The van der Waals surface area contributed by atoms with E-state index >= 15 is 0 Å². The zero-order chi connectivity index (χ0) is 17.7. The highest BCUT2D eigenvalue weighted by molar-refractivity contribution is 5.91. The maximum atomic E-state index is 12.5. The second-order valence-corrected chi connectivity index (χ2v) is 7.62. The predicted molar refractivity (Wildman–Crippen MR) is 99.6 cm³/mol. The smallest absolute Gasteiger partial charge is 0.319 e. The van der Waals surface area contributed by atoms with Gasteiger partial charge in [0.25, 0.3) is 0 Å². The molecule has 0 bridgehead atoms. The van der Waals surface area contributed by atoms with Crippen LogP contribution in [0.15, 0.2) is 18.2 Å². The van der Waals surface area contributed by atoms with Crippen LogP contribution in [0.4, 0.5) is 10.5 Å². The Hall–Kier alpha value is -1.55. The summed E-state index contributed by atoms with van der Waals surface area (Å²) >= 11 is 0. The summed E-state index contributed by atoms with van der Waals surface area (Å²) in [6, 6.07) is 6.36. The van der Waals surface area contributed by atoms with Gasteiger partial charge in [-0.05, 0) is 54.6 Å².